The zero-order chi connectivity index (χ0) is 19.8. The van der Waals surface area contributed by atoms with Crippen molar-refractivity contribution < 1.29 is 14.3 Å². The first kappa shape index (κ1) is 21.1. The average molecular weight is 390 g/mol. The smallest absolute Gasteiger partial charge is 0.259 e. The molecule has 0 radical (unpaired) electrons. The minimum atomic E-state index is -0.0333. The zero-order valence-electron chi connectivity index (χ0n) is 17.4. The summed E-state index contributed by atoms with van der Waals surface area (Å²) in [7, 11) is 3.49. The van der Waals surface area contributed by atoms with Crippen molar-refractivity contribution in [1.29, 1.82) is 0 Å². The van der Waals surface area contributed by atoms with Gasteiger partial charge in [-0.1, -0.05) is 24.6 Å². The number of likely N-dealkylation sites (tertiary alicyclic amines) is 1. The van der Waals surface area contributed by atoms with E-state index in [-0.39, 0.29) is 18.1 Å². The number of amides is 1. The molecule has 0 bridgehead atoms. The Morgan fingerprint density at radius 2 is 1.89 bits per heavy atom. The lowest BCUT2D eigenvalue weighted by Gasteiger charge is -2.48. The van der Waals surface area contributed by atoms with Crippen LogP contribution in [-0.4, -0.2) is 74.8 Å². The molecule has 0 spiro atoms. The summed E-state index contributed by atoms with van der Waals surface area (Å²) in [6.07, 6.45) is 6.15. The summed E-state index contributed by atoms with van der Waals surface area (Å²) in [4.78, 5) is 16.1. The Bertz CT molecular complexity index is 623. The molecular weight excluding hydrogens is 354 g/mol. The average Bonchev–Trinajstić information content (AvgIpc) is 2.74. The summed E-state index contributed by atoms with van der Waals surface area (Å²) < 4.78 is 11.4. The summed E-state index contributed by atoms with van der Waals surface area (Å²) in [5.74, 6) is 0.748. The van der Waals surface area contributed by atoms with Gasteiger partial charge in [0.05, 0.1) is 0 Å². The third-order valence-electron chi connectivity index (χ3n) is 6.04. The first-order valence-corrected chi connectivity index (χ1v) is 10.6. The maximum absolute atomic E-state index is 11.8. The van der Waals surface area contributed by atoms with Crippen LogP contribution in [0.25, 0.3) is 0 Å². The molecule has 156 valence electrons. The molecule has 1 aromatic carbocycles. The number of hydrogen-bond donors (Lipinski definition) is 1. The molecule has 0 aliphatic carbocycles. The summed E-state index contributed by atoms with van der Waals surface area (Å²) in [6.45, 7) is 5.88. The summed E-state index contributed by atoms with van der Waals surface area (Å²) in [5.41, 5.74) is 1.30. The van der Waals surface area contributed by atoms with Gasteiger partial charge in [0.2, 0.25) is 0 Å². The van der Waals surface area contributed by atoms with Crippen LogP contribution in [0.2, 0.25) is 0 Å². The van der Waals surface area contributed by atoms with Crippen LogP contribution in [0.5, 0.6) is 5.75 Å². The van der Waals surface area contributed by atoms with Gasteiger partial charge in [-0.15, -0.1) is 0 Å². The van der Waals surface area contributed by atoms with E-state index in [1.165, 1.54) is 32.4 Å². The molecule has 2 saturated heterocycles. The number of hydrogen-bond acceptors (Lipinski definition) is 5. The maximum atomic E-state index is 11.8. The molecule has 2 aliphatic heterocycles. The van der Waals surface area contributed by atoms with Gasteiger partial charge in [-0.2, -0.15) is 0 Å². The van der Waals surface area contributed by atoms with E-state index >= 15 is 0 Å². The quantitative estimate of drug-likeness (QED) is 0.739. The van der Waals surface area contributed by atoms with Crippen LogP contribution in [0.1, 0.15) is 37.7 Å². The fourth-order valence-corrected chi connectivity index (χ4v) is 4.21. The van der Waals surface area contributed by atoms with Crippen molar-refractivity contribution in [2.24, 2.45) is 0 Å². The third kappa shape index (κ3) is 5.46. The van der Waals surface area contributed by atoms with E-state index in [4.69, 9.17) is 9.47 Å². The summed E-state index contributed by atoms with van der Waals surface area (Å²) in [5, 5.41) is 3.69. The molecule has 0 atom stereocenters. The van der Waals surface area contributed by atoms with Crippen molar-refractivity contribution in [3.05, 3.63) is 29.8 Å². The van der Waals surface area contributed by atoms with E-state index in [9.17, 15) is 4.79 Å². The number of nitrogens with zero attached hydrogens (tertiary/aromatic N) is 2. The number of likely N-dealkylation sites (N-methyl/N-ethyl adjacent to an activating group) is 1. The van der Waals surface area contributed by atoms with Gasteiger partial charge in [0, 0.05) is 51.5 Å². The van der Waals surface area contributed by atoms with Crippen molar-refractivity contribution in [3.8, 4) is 5.75 Å². The molecule has 28 heavy (non-hydrogen) atoms. The Kier molecular flexibility index (Phi) is 7.71. The van der Waals surface area contributed by atoms with Crippen LogP contribution < -0.4 is 10.1 Å². The molecule has 1 N–H and O–H groups in total. The minimum Gasteiger partial charge on any atom is -0.483 e. The largest absolute Gasteiger partial charge is 0.483 e. The molecule has 1 aromatic rings. The van der Waals surface area contributed by atoms with Crippen molar-refractivity contribution in [2.45, 2.75) is 44.2 Å². The van der Waals surface area contributed by atoms with Crippen LogP contribution in [0.3, 0.4) is 0 Å². The van der Waals surface area contributed by atoms with Crippen molar-refractivity contribution in [3.63, 3.8) is 0 Å². The van der Waals surface area contributed by atoms with Gasteiger partial charge in [0.15, 0.2) is 6.61 Å². The number of carbonyl (C=O) groups is 1. The van der Waals surface area contributed by atoms with Gasteiger partial charge in [-0.3, -0.25) is 9.69 Å². The number of carbonyl (C=O) groups excluding carboxylic acids is 1. The number of piperidine rings is 1. The fourth-order valence-electron chi connectivity index (χ4n) is 4.21. The van der Waals surface area contributed by atoms with Crippen LogP contribution in [0.4, 0.5) is 0 Å². The van der Waals surface area contributed by atoms with E-state index in [0.29, 0.717) is 0 Å². The molecule has 2 heterocycles. The molecule has 1 amide bonds. The van der Waals surface area contributed by atoms with Crippen molar-refractivity contribution in [2.75, 3.05) is 53.6 Å². The van der Waals surface area contributed by atoms with Gasteiger partial charge in [0.1, 0.15) is 5.75 Å². The predicted molar refractivity (Wildman–Crippen MR) is 111 cm³/mol. The molecule has 6 heteroatoms. The lowest BCUT2D eigenvalue weighted by atomic mass is 9.86. The van der Waals surface area contributed by atoms with Crippen LogP contribution in [-0.2, 0) is 16.1 Å². The third-order valence-corrected chi connectivity index (χ3v) is 6.04. The van der Waals surface area contributed by atoms with Gasteiger partial charge >= 0.3 is 0 Å². The van der Waals surface area contributed by atoms with E-state index < -0.39 is 0 Å². The molecule has 6 nitrogen and oxygen atoms in total. The van der Waals surface area contributed by atoms with E-state index in [1.807, 2.05) is 18.2 Å². The Labute approximate surface area is 169 Å². The molecule has 0 saturated carbocycles. The highest BCUT2D eigenvalue weighted by Crippen LogP contribution is 2.30. The molecule has 0 unspecified atom stereocenters. The molecule has 2 fully saturated rings. The second kappa shape index (κ2) is 10.2. The van der Waals surface area contributed by atoms with Crippen molar-refractivity contribution >= 4 is 5.91 Å². The second-order valence-electron chi connectivity index (χ2n) is 8.17. The number of benzene rings is 1. The lowest BCUT2D eigenvalue weighted by Crippen LogP contribution is -2.59. The van der Waals surface area contributed by atoms with Gasteiger partial charge in [-0.25, -0.2) is 0 Å². The number of nitrogens with one attached hydrogen (secondary N) is 1. The number of para-hydroxylation sites is 1. The first-order chi connectivity index (χ1) is 13.6. The Morgan fingerprint density at radius 3 is 2.61 bits per heavy atom. The summed E-state index contributed by atoms with van der Waals surface area (Å²) >= 11 is 0. The standard InChI is InChI=1S/C22H35N3O3/c1-24(2)21(26)17-28-20-9-5-4-8-19(20)16-23-18-22(10-14-27-15-11-22)25-12-6-3-7-13-25/h4-5,8-9,23H,3,6-7,10-18H2,1-2H3. The van der Waals surface area contributed by atoms with E-state index in [0.717, 1.165) is 50.5 Å². The zero-order valence-corrected chi connectivity index (χ0v) is 17.4. The molecule has 2 aliphatic rings. The predicted octanol–water partition coefficient (Wildman–Crippen LogP) is 2.28. The number of rotatable bonds is 8. The lowest BCUT2D eigenvalue weighted by molar-refractivity contribution is -0.130. The van der Waals surface area contributed by atoms with Crippen LogP contribution >= 0.6 is 0 Å². The highest BCUT2D eigenvalue weighted by molar-refractivity contribution is 5.77. The normalized spacial score (nSPS) is 19.9. The highest BCUT2D eigenvalue weighted by Gasteiger charge is 2.38. The molecule has 0 aromatic heterocycles. The van der Waals surface area contributed by atoms with Crippen molar-refractivity contribution in [1.82, 2.24) is 15.1 Å². The van der Waals surface area contributed by atoms with Crippen LogP contribution in [0, 0.1) is 0 Å². The number of ether oxygens (including phenoxy) is 2. The maximum Gasteiger partial charge on any atom is 0.259 e. The van der Waals surface area contributed by atoms with Gasteiger partial charge < -0.3 is 19.7 Å². The molecule has 3 rings (SSSR count). The van der Waals surface area contributed by atoms with E-state index in [1.54, 1.807) is 19.0 Å². The van der Waals surface area contributed by atoms with Gasteiger partial charge in [0.25, 0.3) is 5.91 Å². The molecular formula is C22H35N3O3. The highest BCUT2D eigenvalue weighted by atomic mass is 16.5. The van der Waals surface area contributed by atoms with Crippen LogP contribution in [0.15, 0.2) is 24.3 Å². The Morgan fingerprint density at radius 1 is 1.18 bits per heavy atom. The monoisotopic (exact) mass is 389 g/mol. The Hall–Kier alpha value is -1.63. The topological polar surface area (TPSA) is 54.0 Å². The SMILES string of the molecule is CN(C)C(=O)COc1ccccc1CNCC1(N2CCCCC2)CCOCC1. The fraction of sp³-hybridized carbons (Fsp3) is 0.682. The van der Waals surface area contributed by atoms with E-state index in [2.05, 4.69) is 16.3 Å². The minimum absolute atomic E-state index is 0.0333. The first-order valence-electron chi connectivity index (χ1n) is 10.6. The second-order valence-corrected chi connectivity index (χ2v) is 8.17. The summed E-state index contributed by atoms with van der Waals surface area (Å²) in [6, 6.07) is 7.98. The van der Waals surface area contributed by atoms with Gasteiger partial charge in [-0.05, 0) is 44.8 Å². The Balaban J connectivity index is 1.59.